The Kier molecular flexibility index (Phi) is 2.72. The second kappa shape index (κ2) is 3.97. The van der Waals surface area contributed by atoms with Gasteiger partial charge >= 0.3 is 6.18 Å². The number of rotatable bonds is 1. The summed E-state index contributed by atoms with van der Waals surface area (Å²) < 4.78 is 50.6. The number of nitrogens with two attached hydrogens (primary N) is 1. The Morgan fingerprint density at radius 1 is 1.28 bits per heavy atom. The minimum atomic E-state index is -4.69. The van der Waals surface area contributed by atoms with Crippen LogP contribution in [0.2, 0.25) is 0 Å². The Hall–Kier alpha value is -2.12. The van der Waals surface area contributed by atoms with E-state index >= 15 is 0 Å². The maximum atomic E-state index is 13.1. The zero-order chi connectivity index (χ0) is 13.5. The molecular weight excluding hydrogens is 254 g/mol. The van der Waals surface area contributed by atoms with E-state index in [1.807, 2.05) is 0 Å². The summed E-state index contributed by atoms with van der Waals surface area (Å²) in [6.45, 7) is 0. The molecule has 1 unspecified atom stereocenters. The minimum absolute atomic E-state index is 0.194. The zero-order valence-electron chi connectivity index (χ0n) is 8.75. The van der Waals surface area contributed by atoms with Gasteiger partial charge in [0.1, 0.15) is 5.82 Å². The van der Waals surface area contributed by atoms with Crippen molar-refractivity contribution >= 4 is 11.9 Å². The molecule has 0 radical (unpaired) electrons. The number of nitrogens with zero attached hydrogens (tertiary/aromatic N) is 1. The smallest absolute Gasteiger partial charge is 0.370 e. The molecule has 0 fully saturated rings. The highest BCUT2D eigenvalue weighted by Crippen LogP contribution is 2.32. The van der Waals surface area contributed by atoms with E-state index in [1.165, 1.54) is 0 Å². The van der Waals surface area contributed by atoms with Crippen molar-refractivity contribution in [1.29, 1.82) is 0 Å². The zero-order valence-corrected chi connectivity index (χ0v) is 8.75. The SMILES string of the molecule is NC1=NC(c2cc(F)cc(C(F)(F)F)c2)C(=O)N1. The van der Waals surface area contributed by atoms with E-state index in [9.17, 15) is 22.4 Å². The number of amides is 1. The molecule has 0 saturated heterocycles. The van der Waals surface area contributed by atoms with Gasteiger partial charge in [-0.05, 0) is 23.8 Å². The first-order valence-corrected chi connectivity index (χ1v) is 4.79. The summed E-state index contributed by atoms with van der Waals surface area (Å²) in [5.41, 5.74) is 3.85. The predicted molar refractivity (Wildman–Crippen MR) is 53.9 cm³/mol. The molecule has 0 bridgehead atoms. The third kappa shape index (κ3) is 2.27. The maximum Gasteiger partial charge on any atom is 0.416 e. The number of carbonyl (C=O) groups is 1. The molecule has 1 amide bonds. The lowest BCUT2D eigenvalue weighted by molar-refractivity contribution is -0.138. The molecule has 8 heteroatoms. The average molecular weight is 261 g/mol. The number of benzene rings is 1. The van der Waals surface area contributed by atoms with Crippen molar-refractivity contribution in [3.63, 3.8) is 0 Å². The molecule has 1 heterocycles. The third-order valence-corrected chi connectivity index (χ3v) is 2.33. The molecule has 0 aromatic heterocycles. The van der Waals surface area contributed by atoms with Crippen molar-refractivity contribution in [2.45, 2.75) is 12.2 Å². The van der Waals surface area contributed by atoms with Gasteiger partial charge in [-0.3, -0.25) is 10.1 Å². The van der Waals surface area contributed by atoms with Crippen molar-refractivity contribution in [3.8, 4) is 0 Å². The van der Waals surface area contributed by atoms with Crippen LogP contribution in [0.3, 0.4) is 0 Å². The first-order valence-electron chi connectivity index (χ1n) is 4.79. The molecule has 1 aromatic rings. The number of alkyl halides is 3. The van der Waals surface area contributed by atoms with Crippen LogP contribution in [0.1, 0.15) is 17.2 Å². The second-order valence-electron chi connectivity index (χ2n) is 3.68. The first kappa shape index (κ1) is 12.3. The fourth-order valence-corrected chi connectivity index (χ4v) is 1.58. The van der Waals surface area contributed by atoms with Crippen molar-refractivity contribution in [1.82, 2.24) is 5.32 Å². The van der Waals surface area contributed by atoms with Crippen LogP contribution in [-0.2, 0) is 11.0 Å². The van der Waals surface area contributed by atoms with Gasteiger partial charge < -0.3 is 5.73 Å². The maximum absolute atomic E-state index is 13.1. The Bertz CT molecular complexity index is 538. The fourth-order valence-electron chi connectivity index (χ4n) is 1.58. The number of hydrogen-bond donors (Lipinski definition) is 2. The van der Waals surface area contributed by atoms with Crippen molar-refractivity contribution in [2.24, 2.45) is 10.7 Å². The highest BCUT2D eigenvalue weighted by atomic mass is 19.4. The highest BCUT2D eigenvalue weighted by Gasteiger charge is 2.34. The van der Waals surface area contributed by atoms with Gasteiger partial charge in [-0.2, -0.15) is 13.2 Å². The Morgan fingerprint density at radius 3 is 2.44 bits per heavy atom. The van der Waals surface area contributed by atoms with Gasteiger partial charge in [0.2, 0.25) is 0 Å². The number of guanidine groups is 1. The lowest BCUT2D eigenvalue weighted by Gasteiger charge is -2.11. The van der Waals surface area contributed by atoms with Crippen LogP contribution in [0.25, 0.3) is 0 Å². The second-order valence-corrected chi connectivity index (χ2v) is 3.68. The van der Waals surface area contributed by atoms with Gasteiger partial charge in [-0.25, -0.2) is 9.38 Å². The van der Waals surface area contributed by atoms with Gasteiger partial charge in [0.25, 0.3) is 5.91 Å². The first-order chi connectivity index (χ1) is 8.27. The highest BCUT2D eigenvalue weighted by molar-refractivity contribution is 6.04. The van der Waals surface area contributed by atoms with E-state index in [0.29, 0.717) is 12.1 Å². The minimum Gasteiger partial charge on any atom is -0.370 e. The average Bonchev–Trinajstić information content (AvgIpc) is 2.55. The van der Waals surface area contributed by atoms with Crippen LogP contribution >= 0.6 is 0 Å². The Labute approximate surface area is 98.5 Å². The number of nitrogens with one attached hydrogen (secondary N) is 1. The number of halogens is 4. The van der Waals surface area contributed by atoms with Crippen LogP contribution in [0.5, 0.6) is 0 Å². The number of carbonyl (C=O) groups excluding carboxylic acids is 1. The molecule has 0 saturated carbocycles. The van der Waals surface area contributed by atoms with E-state index < -0.39 is 29.5 Å². The number of hydrogen-bond acceptors (Lipinski definition) is 3. The normalized spacial score (nSPS) is 19.7. The van der Waals surface area contributed by atoms with Crippen molar-refractivity contribution in [3.05, 3.63) is 35.1 Å². The summed E-state index contributed by atoms with van der Waals surface area (Å²) in [5.74, 6) is -1.98. The van der Waals surface area contributed by atoms with Crippen LogP contribution in [-0.4, -0.2) is 11.9 Å². The largest absolute Gasteiger partial charge is 0.416 e. The van der Waals surface area contributed by atoms with E-state index in [-0.39, 0.29) is 11.5 Å². The van der Waals surface area contributed by atoms with Crippen LogP contribution in [0, 0.1) is 5.82 Å². The van der Waals surface area contributed by atoms with E-state index in [2.05, 4.69) is 10.3 Å². The summed E-state index contributed by atoms with van der Waals surface area (Å²) in [6, 6.07) is 0.599. The van der Waals surface area contributed by atoms with Crippen molar-refractivity contribution < 1.29 is 22.4 Å². The molecule has 4 nitrogen and oxygen atoms in total. The molecule has 18 heavy (non-hydrogen) atoms. The molecular formula is C10H7F4N3O. The topological polar surface area (TPSA) is 67.5 Å². The summed E-state index contributed by atoms with van der Waals surface area (Å²) >= 11 is 0. The summed E-state index contributed by atoms with van der Waals surface area (Å²) in [6.07, 6.45) is -4.69. The Balaban J connectivity index is 2.46. The molecule has 1 atom stereocenters. The molecule has 0 aliphatic carbocycles. The van der Waals surface area contributed by atoms with E-state index in [0.717, 1.165) is 6.07 Å². The van der Waals surface area contributed by atoms with E-state index in [1.54, 1.807) is 0 Å². The third-order valence-electron chi connectivity index (χ3n) is 2.33. The number of aliphatic imine (C=N–C) groups is 1. The van der Waals surface area contributed by atoms with Gasteiger partial charge in [0, 0.05) is 0 Å². The monoisotopic (exact) mass is 261 g/mol. The fraction of sp³-hybridized carbons (Fsp3) is 0.200. The van der Waals surface area contributed by atoms with Crippen LogP contribution in [0.4, 0.5) is 17.6 Å². The van der Waals surface area contributed by atoms with Crippen LogP contribution in [0.15, 0.2) is 23.2 Å². The molecule has 1 aliphatic heterocycles. The summed E-state index contributed by atoms with van der Waals surface area (Å²) in [7, 11) is 0. The molecule has 1 aliphatic rings. The molecule has 3 N–H and O–H groups in total. The van der Waals surface area contributed by atoms with Crippen molar-refractivity contribution in [2.75, 3.05) is 0 Å². The molecule has 2 rings (SSSR count). The Morgan fingerprint density at radius 2 is 1.94 bits per heavy atom. The van der Waals surface area contributed by atoms with Crippen LogP contribution < -0.4 is 11.1 Å². The van der Waals surface area contributed by atoms with Gasteiger partial charge in [-0.15, -0.1) is 0 Å². The predicted octanol–water partition coefficient (Wildman–Crippen LogP) is 1.33. The molecule has 96 valence electrons. The standard InChI is InChI=1S/C10H7F4N3O/c11-6-2-4(1-5(3-6)10(12,13)14)7-8(18)17-9(15)16-7/h1-3,7H,(H3,15,16,17,18). The lowest BCUT2D eigenvalue weighted by Crippen LogP contribution is -2.31. The summed E-state index contributed by atoms with van der Waals surface area (Å²) in [5, 5.41) is 2.13. The van der Waals surface area contributed by atoms with Gasteiger partial charge in [-0.1, -0.05) is 0 Å². The molecule has 1 aromatic carbocycles. The molecule has 0 spiro atoms. The van der Waals surface area contributed by atoms with Gasteiger partial charge in [0.05, 0.1) is 5.56 Å². The van der Waals surface area contributed by atoms with E-state index in [4.69, 9.17) is 5.73 Å². The quantitative estimate of drug-likeness (QED) is 0.749. The lowest BCUT2D eigenvalue weighted by atomic mass is 10.0. The van der Waals surface area contributed by atoms with Gasteiger partial charge in [0.15, 0.2) is 12.0 Å². The summed E-state index contributed by atoms with van der Waals surface area (Å²) in [4.78, 5) is 15.0.